The fraction of sp³-hybridized carbons (Fsp3) is 0.182. The maximum atomic E-state index is 3.34. The first kappa shape index (κ1) is 7.41. The summed E-state index contributed by atoms with van der Waals surface area (Å²) >= 11 is 0. The zero-order chi connectivity index (χ0) is 8.39. The number of aromatic amines is 1. The summed E-state index contributed by atoms with van der Waals surface area (Å²) in [6.45, 7) is 2.14. The molecule has 61 valence electrons. The molecule has 1 nitrogen and oxygen atoms in total. The lowest BCUT2D eigenvalue weighted by Gasteiger charge is -1.88. The second-order valence-electron chi connectivity index (χ2n) is 2.92. The first-order valence-electron chi connectivity index (χ1n) is 4.31. The average molecular weight is 158 g/mol. The molecule has 0 saturated carbocycles. The van der Waals surface area contributed by atoms with Crippen LogP contribution in [0.2, 0.25) is 0 Å². The van der Waals surface area contributed by atoms with Crippen molar-refractivity contribution < 1.29 is 0 Å². The second-order valence-corrected chi connectivity index (χ2v) is 2.92. The van der Waals surface area contributed by atoms with Gasteiger partial charge in [0, 0.05) is 17.6 Å². The number of benzene rings is 1. The van der Waals surface area contributed by atoms with Gasteiger partial charge in [0.15, 0.2) is 0 Å². The van der Waals surface area contributed by atoms with E-state index in [2.05, 4.69) is 48.7 Å². The predicted molar refractivity (Wildman–Crippen MR) is 52.0 cm³/mol. The molecule has 1 aromatic carbocycles. The summed E-state index contributed by atoms with van der Waals surface area (Å²) in [5.41, 5.74) is 2.44. The molecular formula is C11H12N. The van der Waals surface area contributed by atoms with E-state index in [0.29, 0.717) is 0 Å². The van der Waals surface area contributed by atoms with Crippen LogP contribution in [0.1, 0.15) is 19.0 Å². The van der Waals surface area contributed by atoms with Crippen molar-refractivity contribution in [1.29, 1.82) is 0 Å². The highest BCUT2D eigenvalue weighted by Gasteiger charge is 1.97. The molecule has 0 aliphatic rings. The van der Waals surface area contributed by atoms with Crippen molar-refractivity contribution in [2.45, 2.75) is 13.3 Å². The molecule has 0 fully saturated rings. The highest BCUT2D eigenvalue weighted by Crippen LogP contribution is 2.16. The lowest BCUT2D eigenvalue weighted by Crippen LogP contribution is -1.76. The Hall–Kier alpha value is -1.24. The summed E-state index contributed by atoms with van der Waals surface area (Å²) < 4.78 is 0. The van der Waals surface area contributed by atoms with Gasteiger partial charge in [0.25, 0.3) is 0 Å². The topological polar surface area (TPSA) is 15.8 Å². The maximum Gasteiger partial charge on any atom is 0.0456 e. The molecule has 0 unspecified atom stereocenters. The van der Waals surface area contributed by atoms with Crippen LogP contribution in [0.3, 0.4) is 0 Å². The molecule has 1 heterocycles. The molecule has 1 heteroatoms. The van der Waals surface area contributed by atoms with E-state index in [0.717, 1.165) is 6.42 Å². The molecule has 0 saturated heterocycles. The van der Waals surface area contributed by atoms with Gasteiger partial charge in [-0.15, -0.1) is 0 Å². The van der Waals surface area contributed by atoms with Crippen LogP contribution in [0.4, 0.5) is 0 Å². The highest BCUT2D eigenvalue weighted by molar-refractivity contribution is 5.80. The summed E-state index contributed by atoms with van der Waals surface area (Å²) in [4.78, 5) is 3.34. The van der Waals surface area contributed by atoms with Crippen LogP contribution >= 0.6 is 0 Å². The van der Waals surface area contributed by atoms with Crippen molar-refractivity contribution in [1.82, 2.24) is 4.98 Å². The molecule has 1 N–H and O–H groups in total. The quantitative estimate of drug-likeness (QED) is 0.691. The summed E-state index contributed by atoms with van der Waals surface area (Å²) in [6, 6.07) is 10.5. The Bertz CT molecular complexity index is 340. The number of hydrogen-bond acceptors (Lipinski definition) is 0. The number of hydrogen-bond donors (Lipinski definition) is 1. The number of para-hydroxylation sites is 1. The Labute approximate surface area is 72.4 Å². The Morgan fingerprint density at radius 1 is 1.33 bits per heavy atom. The van der Waals surface area contributed by atoms with Gasteiger partial charge in [-0.2, -0.15) is 0 Å². The molecule has 0 aliphatic heterocycles. The van der Waals surface area contributed by atoms with Crippen molar-refractivity contribution in [3.63, 3.8) is 0 Å². The molecule has 0 atom stereocenters. The van der Waals surface area contributed by atoms with Gasteiger partial charge in [-0.05, 0) is 23.9 Å². The molecule has 0 amide bonds. The second kappa shape index (κ2) is 3.02. The first-order valence-corrected chi connectivity index (χ1v) is 4.31. The van der Waals surface area contributed by atoms with Gasteiger partial charge in [-0.25, -0.2) is 0 Å². The Morgan fingerprint density at radius 2 is 2.17 bits per heavy atom. The van der Waals surface area contributed by atoms with Crippen molar-refractivity contribution in [2.24, 2.45) is 0 Å². The van der Waals surface area contributed by atoms with Gasteiger partial charge in [0.2, 0.25) is 0 Å². The third-order valence-corrected chi connectivity index (χ3v) is 1.97. The molecule has 1 radical (unpaired) electrons. The molecule has 1 aromatic heterocycles. The van der Waals surface area contributed by atoms with Crippen molar-refractivity contribution >= 4 is 10.9 Å². The predicted octanol–water partition coefficient (Wildman–Crippen LogP) is 3.13. The van der Waals surface area contributed by atoms with E-state index in [1.807, 2.05) is 0 Å². The van der Waals surface area contributed by atoms with E-state index in [1.165, 1.54) is 16.6 Å². The third-order valence-electron chi connectivity index (χ3n) is 1.97. The zero-order valence-corrected chi connectivity index (χ0v) is 7.17. The largest absolute Gasteiger partial charge is 0.358 e. The number of rotatable bonds is 2. The summed E-state index contributed by atoms with van der Waals surface area (Å²) in [5.74, 6) is 0. The van der Waals surface area contributed by atoms with Crippen molar-refractivity contribution in [2.75, 3.05) is 0 Å². The number of fused-ring (bicyclic) bond motifs is 1. The number of nitrogens with one attached hydrogen (secondary N) is 1. The summed E-state index contributed by atoms with van der Waals surface area (Å²) in [6.07, 6.45) is 3.27. The van der Waals surface area contributed by atoms with Crippen LogP contribution < -0.4 is 0 Å². The maximum absolute atomic E-state index is 3.34. The van der Waals surface area contributed by atoms with Crippen LogP contribution in [0.5, 0.6) is 0 Å². The summed E-state index contributed by atoms with van der Waals surface area (Å²) in [7, 11) is 0. The highest BCUT2D eigenvalue weighted by atomic mass is 14.7. The molecule has 0 spiro atoms. The van der Waals surface area contributed by atoms with Gasteiger partial charge >= 0.3 is 0 Å². The van der Waals surface area contributed by atoms with E-state index in [-0.39, 0.29) is 0 Å². The van der Waals surface area contributed by atoms with Crippen LogP contribution in [0.15, 0.2) is 30.3 Å². The monoisotopic (exact) mass is 158 g/mol. The number of H-pyrrole nitrogens is 1. The first-order chi connectivity index (χ1) is 5.90. The molecule has 0 aliphatic carbocycles. The normalized spacial score (nSPS) is 10.8. The molecule has 2 rings (SSSR count). The van der Waals surface area contributed by atoms with E-state index >= 15 is 0 Å². The molecule has 0 bridgehead atoms. The Balaban J connectivity index is 2.47. The van der Waals surface area contributed by atoms with Gasteiger partial charge in [0.05, 0.1) is 0 Å². The SMILES string of the molecule is CC[CH]c1cc2ccccc2[nH]1. The zero-order valence-electron chi connectivity index (χ0n) is 7.17. The van der Waals surface area contributed by atoms with E-state index in [1.54, 1.807) is 0 Å². The lowest BCUT2D eigenvalue weighted by molar-refractivity contribution is 1.09. The van der Waals surface area contributed by atoms with Gasteiger partial charge in [0.1, 0.15) is 0 Å². The lowest BCUT2D eigenvalue weighted by atomic mass is 10.2. The average Bonchev–Trinajstić information content (AvgIpc) is 2.47. The fourth-order valence-electron chi connectivity index (χ4n) is 1.43. The van der Waals surface area contributed by atoms with Crippen LogP contribution in [0, 0.1) is 6.42 Å². The van der Waals surface area contributed by atoms with Crippen molar-refractivity contribution in [3.05, 3.63) is 42.4 Å². The van der Waals surface area contributed by atoms with Crippen LogP contribution in [-0.4, -0.2) is 4.98 Å². The van der Waals surface area contributed by atoms with Crippen molar-refractivity contribution in [3.8, 4) is 0 Å². The fourth-order valence-corrected chi connectivity index (χ4v) is 1.43. The molecule has 12 heavy (non-hydrogen) atoms. The molecule has 2 aromatic rings. The van der Waals surface area contributed by atoms with Crippen LogP contribution in [-0.2, 0) is 0 Å². The third kappa shape index (κ3) is 1.22. The van der Waals surface area contributed by atoms with Gasteiger partial charge in [-0.1, -0.05) is 25.1 Å². The minimum absolute atomic E-state index is 1.08. The van der Waals surface area contributed by atoms with Gasteiger partial charge in [-0.3, -0.25) is 0 Å². The van der Waals surface area contributed by atoms with Crippen LogP contribution in [0.25, 0.3) is 10.9 Å². The Morgan fingerprint density at radius 3 is 2.92 bits per heavy atom. The number of aromatic nitrogens is 1. The smallest absolute Gasteiger partial charge is 0.0456 e. The standard InChI is InChI=1S/C11H12N/c1-2-5-10-8-9-6-3-4-7-11(9)12-10/h3-8,12H,2H2,1H3. The molecular weight excluding hydrogens is 146 g/mol. The van der Waals surface area contributed by atoms with E-state index in [9.17, 15) is 0 Å². The van der Waals surface area contributed by atoms with E-state index in [4.69, 9.17) is 0 Å². The minimum Gasteiger partial charge on any atom is -0.358 e. The van der Waals surface area contributed by atoms with Gasteiger partial charge < -0.3 is 4.98 Å². The Kier molecular flexibility index (Phi) is 1.86. The minimum atomic E-state index is 1.08. The van der Waals surface area contributed by atoms with E-state index < -0.39 is 0 Å². The summed E-state index contributed by atoms with van der Waals surface area (Å²) in [5, 5.41) is 1.29.